The van der Waals surface area contributed by atoms with Crippen molar-refractivity contribution in [3.8, 4) is 0 Å². The van der Waals surface area contributed by atoms with E-state index < -0.39 is 23.8 Å². The van der Waals surface area contributed by atoms with E-state index in [0.717, 1.165) is 9.78 Å². The van der Waals surface area contributed by atoms with E-state index in [4.69, 9.17) is 0 Å². The molecule has 0 saturated carbocycles. The average Bonchev–Trinajstić information content (AvgIpc) is 3.31. The Kier molecular flexibility index (Phi) is 4.75. The van der Waals surface area contributed by atoms with E-state index in [1.165, 1.54) is 23.5 Å². The fourth-order valence-corrected chi connectivity index (χ4v) is 3.96. The smallest absolute Gasteiger partial charge is 0.262 e. The van der Waals surface area contributed by atoms with Gasteiger partial charge in [-0.15, -0.1) is 11.3 Å². The third kappa shape index (κ3) is 3.32. The highest BCUT2D eigenvalue weighted by atomic mass is 32.1. The molecular formula is C21H15FN2O3S. The lowest BCUT2D eigenvalue weighted by molar-refractivity contribution is -0.121. The van der Waals surface area contributed by atoms with Crippen molar-refractivity contribution in [3.63, 3.8) is 0 Å². The first-order chi connectivity index (χ1) is 13.5. The standard InChI is InChI=1S/C21H15FN2O3S/c22-14-9-7-13(8-10-14)19(17-6-3-11-28-17)23-18(25)12-24-20(26)15-4-1-2-5-16(15)21(24)27/h1-11,19H,12H2,(H,23,25)/t19-/m1/s1. The molecule has 7 heteroatoms. The molecule has 5 nitrogen and oxygen atoms in total. The summed E-state index contributed by atoms with van der Waals surface area (Å²) >= 11 is 1.45. The van der Waals surface area contributed by atoms with Gasteiger partial charge < -0.3 is 5.32 Å². The highest BCUT2D eigenvalue weighted by Gasteiger charge is 2.36. The molecule has 3 amide bonds. The summed E-state index contributed by atoms with van der Waals surface area (Å²) < 4.78 is 13.3. The summed E-state index contributed by atoms with van der Waals surface area (Å²) in [5.41, 5.74) is 1.31. The summed E-state index contributed by atoms with van der Waals surface area (Å²) in [6, 6.07) is 15.6. The summed E-state index contributed by atoms with van der Waals surface area (Å²) in [5.74, 6) is -1.81. The summed E-state index contributed by atoms with van der Waals surface area (Å²) in [6.07, 6.45) is 0. The number of hydrogen-bond donors (Lipinski definition) is 1. The number of imide groups is 1. The summed E-state index contributed by atoms with van der Waals surface area (Å²) in [5, 5.41) is 4.73. The Hall–Kier alpha value is -3.32. The van der Waals surface area contributed by atoms with Crippen molar-refractivity contribution in [1.82, 2.24) is 10.2 Å². The highest BCUT2D eigenvalue weighted by molar-refractivity contribution is 7.10. The molecule has 0 bridgehead atoms. The normalized spacial score (nSPS) is 14.1. The Morgan fingerprint density at radius 2 is 1.61 bits per heavy atom. The van der Waals surface area contributed by atoms with E-state index in [2.05, 4.69) is 5.32 Å². The van der Waals surface area contributed by atoms with Crippen molar-refractivity contribution in [2.24, 2.45) is 0 Å². The molecule has 1 aromatic heterocycles. The van der Waals surface area contributed by atoms with Gasteiger partial charge in [0.15, 0.2) is 0 Å². The molecule has 1 atom stereocenters. The minimum Gasteiger partial charge on any atom is -0.343 e. The molecule has 4 rings (SSSR count). The van der Waals surface area contributed by atoms with Gasteiger partial charge in [-0.3, -0.25) is 19.3 Å². The van der Waals surface area contributed by atoms with Crippen molar-refractivity contribution in [2.45, 2.75) is 6.04 Å². The molecule has 3 aromatic rings. The zero-order chi connectivity index (χ0) is 19.7. The molecular weight excluding hydrogens is 379 g/mol. The lowest BCUT2D eigenvalue weighted by Crippen LogP contribution is -2.41. The van der Waals surface area contributed by atoms with Crippen molar-refractivity contribution in [3.05, 3.63) is 93.4 Å². The summed E-state index contributed by atoms with van der Waals surface area (Å²) in [7, 11) is 0. The van der Waals surface area contributed by atoms with Crippen LogP contribution in [0.3, 0.4) is 0 Å². The first-order valence-corrected chi connectivity index (χ1v) is 9.46. The Morgan fingerprint density at radius 3 is 2.18 bits per heavy atom. The highest BCUT2D eigenvalue weighted by Crippen LogP contribution is 2.27. The second kappa shape index (κ2) is 7.36. The second-order valence-electron chi connectivity index (χ2n) is 6.31. The maximum atomic E-state index is 13.3. The number of nitrogens with one attached hydrogen (secondary N) is 1. The number of benzene rings is 2. The Balaban J connectivity index is 1.54. The second-order valence-corrected chi connectivity index (χ2v) is 7.29. The van der Waals surface area contributed by atoms with Gasteiger partial charge in [-0.1, -0.05) is 30.3 Å². The zero-order valence-electron chi connectivity index (χ0n) is 14.6. The Labute approximate surface area is 164 Å². The third-order valence-corrected chi connectivity index (χ3v) is 5.45. The summed E-state index contributed by atoms with van der Waals surface area (Å²) in [6.45, 7) is -0.380. The fraction of sp³-hybridized carbons (Fsp3) is 0.0952. The number of fused-ring (bicyclic) bond motifs is 1. The first-order valence-electron chi connectivity index (χ1n) is 8.58. The number of nitrogens with zero attached hydrogens (tertiary/aromatic N) is 1. The van der Waals surface area contributed by atoms with Crippen LogP contribution < -0.4 is 5.32 Å². The van der Waals surface area contributed by atoms with Gasteiger partial charge in [-0.2, -0.15) is 0 Å². The SMILES string of the molecule is O=C(CN1C(=O)c2ccccc2C1=O)N[C@H](c1ccc(F)cc1)c1cccs1. The molecule has 0 saturated heterocycles. The molecule has 140 valence electrons. The molecule has 0 fully saturated rings. The van der Waals surface area contributed by atoms with E-state index in [1.807, 2.05) is 17.5 Å². The van der Waals surface area contributed by atoms with Gasteiger partial charge in [0.1, 0.15) is 12.4 Å². The van der Waals surface area contributed by atoms with Crippen LogP contribution in [0.1, 0.15) is 37.2 Å². The fourth-order valence-electron chi connectivity index (χ4n) is 3.16. The average molecular weight is 394 g/mol. The molecule has 2 aromatic carbocycles. The molecule has 28 heavy (non-hydrogen) atoms. The molecule has 0 unspecified atom stereocenters. The van der Waals surface area contributed by atoms with E-state index in [-0.39, 0.29) is 12.4 Å². The molecule has 1 aliphatic rings. The molecule has 1 aliphatic heterocycles. The largest absolute Gasteiger partial charge is 0.343 e. The monoisotopic (exact) mass is 394 g/mol. The zero-order valence-corrected chi connectivity index (χ0v) is 15.4. The van der Waals surface area contributed by atoms with Crippen LogP contribution in [0.25, 0.3) is 0 Å². The van der Waals surface area contributed by atoms with Gasteiger partial charge in [-0.25, -0.2) is 4.39 Å². The van der Waals surface area contributed by atoms with Crippen LogP contribution in [0.2, 0.25) is 0 Å². The van der Waals surface area contributed by atoms with E-state index >= 15 is 0 Å². The number of hydrogen-bond acceptors (Lipinski definition) is 4. The van der Waals surface area contributed by atoms with Crippen LogP contribution in [-0.4, -0.2) is 29.2 Å². The van der Waals surface area contributed by atoms with E-state index in [1.54, 1.807) is 36.4 Å². The van der Waals surface area contributed by atoms with E-state index in [0.29, 0.717) is 16.7 Å². The predicted molar refractivity (Wildman–Crippen MR) is 103 cm³/mol. The van der Waals surface area contributed by atoms with Crippen LogP contribution in [0, 0.1) is 5.82 Å². The third-order valence-electron chi connectivity index (χ3n) is 4.52. The maximum absolute atomic E-state index is 13.3. The van der Waals surface area contributed by atoms with Gasteiger partial charge in [0, 0.05) is 4.88 Å². The topological polar surface area (TPSA) is 66.5 Å². The molecule has 0 radical (unpaired) electrons. The van der Waals surface area contributed by atoms with Crippen molar-refractivity contribution in [2.75, 3.05) is 6.54 Å². The Morgan fingerprint density at radius 1 is 0.964 bits per heavy atom. The first kappa shape index (κ1) is 18.1. The molecule has 0 spiro atoms. The number of thiophene rings is 1. The molecule has 1 N–H and O–H groups in total. The van der Waals surface area contributed by atoms with Crippen LogP contribution in [-0.2, 0) is 4.79 Å². The number of amides is 3. The predicted octanol–water partition coefficient (Wildman–Crippen LogP) is 3.39. The minimum atomic E-state index is -0.497. The quantitative estimate of drug-likeness (QED) is 0.675. The van der Waals surface area contributed by atoms with Crippen LogP contribution in [0.5, 0.6) is 0 Å². The number of halogens is 1. The van der Waals surface area contributed by atoms with Crippen LogP contribution in [0.15, 0.2) is 66.0 Å². The lowest BCUT2D eigenvalue weighted by atomic mass is 10.1. The van der Waals surface area contributed by atoms with Crippen LogP contribution in [0.4, 0.5) is 4.39 Å². The Bertz CT molecular complexity index is 1010. The molecule has 0 aliphatic carbocycles. The van der Waals surface area contributed by atoms with Crippen LogP contribution >= 0.6 is 11.3 Å². The summed E-state index contributed by atoms with van der Waals surface area (Å²) in [4.78, 5) is 39.4. The number of carbonyl (C=O) groups is 3. The molecule has 2 heterocycles. The van der Waals surface area contributed by atoms with Crippen molar-refractivity contribution < 1.29 is 18.8 Å². The maximum Gasteiger partial charge on any atom is 0.262 e. The van der Waals surface area contributed by atoms with Gasteiger partial charge in [0.2, 0.25) is 5.91 Å². The van der Waals surface area contributed by atoms with Gasteiger partial charge in [0.05, 0.1) is 17.2 Å². The minimum absolute atomic E-state index is 0.300. The van der Waals surface area contributed by atoms with E-state index in [9.17, 15) is 18.8 Å². The van der Waals surface area contributed by atoms with Gasteiger partial charge in [-0.05, 0) is 41.3 Å². The van der Waals surface area contributed by atoms with Crippen molar-refractivity contribution >= 4 is 29.1 Å². The number of carbonyl (C=O) groups excluding carboxylic acids is 3. The van der Waals surface area contributed by atoms with Gasteiger partial charge >= 0.3 is 0 Å². The van der Waals surface area contributed by atoms with Gasteiger partial charge in [0.25, 0.3) is 11.8 Å². The lowest BCUT2D eigenvalue weighted by Gasteiger charge is -2.20. The van der Waals surface area contributed by atoms with Crippen molar-refractivity contribution in [1.29, 1.82) is 0 Å². The number of rotatable bonds is 5.